The summed E-state index contributed by atoms with van der Waals surface area (Å²) in [5, 5.41) is -0.546. The number of rotatable bonds is 4. The lowest BCUT2D eigenvalue weighted by Crippen LogP contribution is -1.93. The van der Waals surface area contributed by atoms with E-state index in [2.05, 4.69) is 4.98 Å². The molecule has 0 aliphatic heterocycles. The van der Waals surface area contributed by atoms with Gasteiger partial charge in [-0.25, -0.2) is 4.98 Å². The van der Waals surface area contributed by atoms with Gasteiger partial charge in [0.15, 0.2) is 0 Å². The molecule has 1 heterocycles. The van der Waals surface area contributed by atoms with Crippen molar-refractivity contribution in [1.82, 2.24) is 4.98 Å². The van der Waals surface area contributed by atoms with Crippen LogP contribution in [0.3, 0.4) is 0 Å². The van der Waals surface area contributed by atoms with Crippen molar-refractivity contribution < 1.29 is 14.3 Å². The van der Waals surface area contributed by atoms with E-state index < -0.39 is 5.24 Å². The van der Waals surface area contributed by atoms with Gasteiger partial charge in [0.2, 0.25) is 5.88 Å². The Morgan fingerprint density at radius 1 is 1.22 bits per heavy atom. The summed E-state index contributed by atoms with van der Waals surface area (Å²) in [4.78, 5) is 14.8. The first kappa shape index (κ1) is 12.4. The summed E-state index contributed by atoms with van der Waals surface area (Å²) in [5.74, 6) is 1.68. The number of benzene rings is 1. The normalized spacial score (nSPS) is 9.89. The van der Waals surface area contributed by atoms with Crippen molar-refractivity contribution >= 4 is 16.8 Å². The first-order valence-corrected chi connectivity index (χ1v) is 5.54. The number of aromatic nitrogens is 1. The highest BCUT2D eigenvalue weighted by molar-refractivity contribution is 6.67. The summed E-state index contributed by atoms with van der Waals surface area (Å²) >= 11 is 5.32. The van der Waals surface area contributed by atoms with Gasteiger partial charge in [0, 0.05) is 18.3 Å². The predicted molar refractivity (Wildman–Crippen MR) is 67.5 cm³/mol. The second-order valence-electron chi connectivity index (χ2n) is 3.44. The zero-order valence-corrected chi connectivity index (χ0v) is 10.3. The molecule has 0 bridgehead atoms. The second kappa shape index (κ2) is 5.51. The molecule has 92 valence electrons. The van der Waals surface area contributed by atoms with Crippen LogP contribution in [0.25, 0.3) is 0 Å². The van der Waals surface area contributed by atoms with Crippen molar-refractivity contribution in [3.63, 3.8) is 0 Å². The molecule has 0 N–H and O–H groups in total. The van der Waals surface area contributed by atoms with Crippen LogP contribution in [0.15, 0.2) is 42.6 Å². The molecule has 0 radical (unpaired) electrons. The third-order valence-corrected chi connectivity index (χ3v) is 2.45. The van der Waals surface area contributed by atoms with Crippen LogP contribution in [-0.2, 0) is 0 Å². The Kier molecular flexibility index (Phi) is 3.79. The maximum absolute atomic E-state index is 10.9. The summed E-state index contributed by atoms with van der Waals surface area (Å²) in [5.41, 5.74) is 0.328. The van der Waals surface area contributed by atoms with Crippen molar-refractivity contribution in [1.29, 1.82) is 0 Å². The molecular formula is C13H10ClNO3. The molecule has 0 unspecified atom stereocenters. The molecule has 5 heteroatoms. The van der Waals surface area contributed by atoms with Crippen LogP contribution >= 0.6 is 11.6 Å². The van der Waals surface area contributed by atoms with Crippen molar-refractivity contribution in [2.75, 3.05) is 7.11 Å². The molecule has 1 aromatic carbocycles. The minimum atomic E-state index is -0.546. The molecule has 0 aliphatic carbocycles. The number of pyridine rings is 1. The Morgan fingerprint density at radius 2 is 2.00 bits per heavy atom. The zero-order valence-electron chi connectivity index (χ0n) is 9.59. The maximum Gasteiger partial charge on any atom is 0.253 e. The van der Waals surface area contributed by atoms with E-state index in [0.29, 0.717) is 22.9 Å². The van der Waals surface area contributed by atoms with E-state index in [1.807, 2.05) is 12.1 Å². The standard InChI is InChI=1S/C13H10ClNO3/c1-17-10-3-2-4-11(7-10)18-12-6-5-9(8-15-12)13(14)16/h2-8H,1H3. The highest BCUT2D eigenvalue weighted by atomic mass is 35.5. The monoisotopic (exact) mass is 263 g/mol. The molecule has 0 aliphatic rings. The number of nitrogens with zero attached hydrogens (tertiary/aromatic N) is 1. The van der Waals surface area contributed by atoms with Crippen molar-refractivity contribution in [3.8, 4) is 17.4 Å². The second-order valence-corrected chi connectivity index (χ2v) is 3.78. The molecule has 0 fully saturated rings. The summed E-state index contributed by atoms with van der Waals surface area (Å²) < 4.78 is 10.6. The van der Waals surface area contributed by atoms with Gasteiger partial charge >= 0.3 is 0 Å². The Bertz CT molecular complexity index is 554. The lowest BCUT2D eigenvalue weighted by Gasteiger charge is -2.06. The fraction of sp³-hybridized carbons (Fsp3) is 0.0769. The van der Waals surface area contributed by atoms with Gasteiger partial charge in [-0.15, -0.1) is 0 Å². The van der Waals surface area contributed by atoms with E-state index in [1.54, 1.807) is 31.4 Å². The third-order valence-electron chi connectivity index (χ3n) is 2.23. The number of hydrogen-bond donors (Lipinski definition) is 0. The number of ether oxygens (including phenoxy) is 2. The SMILES string of the molecule is COc1cccc(Oc2ccc(C(=O)Cl)cn2)c1. The van der Waals surface area contributed by atoms with E-state index in [0.717, 1.165) is 0 Å². The Morgan fingerprint density at radius 3 is 2.61 bits per heavy atom. The highest BCUT2D eigenvalue weighted by Crippen LogP contribution is 2.23. The zero-order chi connectivity index (χ0) is 13.0. The van der Waals surface area contributed by atoms with Gasteiger partial charge in [0.25, 0.3) is 5.24 Å². The van der Waals surface area contributed by atoms with Crippen LogP contribution < -0.4 is 9.47 Å². The number of methoxy groups -OCH3 is 1. The maximum atomic E-state index is 10.9. The average Bonchev–Trinajstić information content (AvgIpc) is 2.39. The van der Waals surface area contributed by atoms with Crippen LogP contribution in [0.1, 0.15) is 10.4 Å². The molecule has 4 nitrogen and oxygen atoms in total. The van der Waals surface area contributed by atoms with E-state index in [9.17, 15) is 4.79 Å². The lowest BCUT2D eigenvalue weighted by molar-refractivity contribution is 0.108. The van der Waals surface area contributed by atoms with E-state index >= 15 is 0 Å². The average molecular weight is 264 g/mol. The highest BCUT2D eigenvalue weighted by Gasteiger charge is 2.04. The smallest absolute Gasteiger partial charge is 0.253 e. The van der Waals surface area contributed by atoms with E-state index in [-0.39, 0.29) is 0 Å². The van der Waals surface area contributed by atoms with Gasteiger partial charge in [-0.05, 0) is 29.8 Å². The van der Waals surface area contributed by atoms with Crippen molar-refractivity contribution in [2.24, 2.45) is 0 Å². The Hall–Kier alpha value is -2.07. The van der Waals surface area contributed by atoms with Gasteiger partial charge in [-0.1, -0.05) is 6.07 Å². The molecule has 0 saturated heterocycles. The molecular weight excluding hydrogens is 254 g/mol. The molecule has 18 heavy (non-hydrogen) atoms. The van der Waals surface area contributed by atoms with Crippen LogP contribution in [0.2, 0.25) is 0 Å². The van der Waals surface area contributed by atoms with Crippen LogP contribution in [0, 0.1) is 0 Å². The summed E-state index contributed by atoms with van der Waals surface area (Å²) in [7, 11) is 1.58. The summed E-state index contributed by atoms with van der Waals surface area (Å²) in [6.07, 6.45) is 1.37. The van der Waals surface area contributed by atoms with E-state index in [4.69, 9.17) is 21.1 Å². The van der Waals surface area contributed by atoms with Gasteiger partial charge in [0.05, 0.1) is 12.7 Å². The van der Waals surface area contributed by atoms with Crippen LogP contribution in [0.5, 0.6) is 17.4 Å². The number of carbonyl (C=O) groups excluding carboxylic acids is 1. The van der Waals surface area contributed by atoms with Gasteiger partial charge in [0.1, 0.15) is 11.5 Å². The Labute approximate surface area is 109 Å². The van der Waals surface area contributed by atoms with Gasteiger partial charge in [-0.2, -0.15) is 0 Å². The largest absolute Gasteiger partial charge is 0.497 e. The number of halogens is 1. The third kappa shape index (κ3) is 2.99. The first-order chi connectivity index (χ1) is 8.69. The topological polar surface area (TPSA) is 48.4 Å². The summed E-state index contributed by atoms with van der Waals surface area (Å²) in [6, 6.07) is 10.3. The van der Waals surface area contributed by atoms with Crippen LogP contribution in [0.4, 0.5) is 0 Å². The molecule has 1 aromatic heterocycles. The fourth-order valence-corrected chi connectivity index (χ4v) is 1.45. The van der Waals surface area contributed by atoms with Crippen molar-refractivity contribution in [3.05, 3.63) is 48.2 Å². The molecule has 0 saturated carbocycles. The molecule has 0 spiro atoms. The number of hydrogen-bond acceptors (Lipinski definition) is 4. The van der Waals surface area contributed by atoms with Crippen molar-refractivity contribution in [2.45, 2.75) is 0 Å². The molecule has 2 rings (SSSR count). The first-order valence-electron chi connectivity index (χ1n) is 5.17. The predicted octanol–water partition coefficient (Wildman–Crippen LogP) is 3.26. The number of carbonyl (C=O) groups is 1. The lowest BCUT2D eigenvalue weighted by atomic mass is 10.3. The molecule has 2 aromatic rings. The summed E-state index contributed by atoms with van der Waals surface area (Å²) in [6.45, 7) is 0. The van der Waals surface area contributed by atoms with Gasteiger partial charge in [-0.3, -0.25) is 4.79 Å². The Balaban J connectivity index is 2.15. The van der Waals surface area contributed by atoms with E-state index in [1.165, 1.54) is 6.20 Å². The minimum Gasteiger partial charge on any atom is -0.497 e. The molecule has 0 atom stereocenters. The fourth-order valence-electron chi connectivity index (χ4n) is 1.34. The quantitative estimate of drug-likeness (QED) is 0.795. The molecule has 0 amide bonds. The minimum absolute atomic E-state index is 0.328. The van der Waals surface area contributed by atoms with Crippen LogP contribution in [-0.4, -0.2) is 17.3 Å². The van der Waals surface area contributed by atoms with Gasteiger partial charge < -0.3 is 9.47 Å².